The van der Waals surface area contributed by atoms with E-state index in [0.717, 1.165) is 9.56 Å². The molecule has 0 aliphatic heterocycles. The van der Waals surface area contributed by atoms with Crippen LogP contribution in [0.25, 0.3) is 0 Å². The standard InChI is InChI=1S/C13H14BrN3O3S/c1-8(10-4-3-5-21-10)16-9-6-15-17(7-11(18)20-2)13(19)12(9)14/h3-6,8,16H,7H2,1-2H3. The second-order valence-electron chi connectivity index (χ2n) is 4.29. The summed E-state index contributed by atoms with van der Waals surface area (Å²) in [4.78, 5) is 24.5. The van der Waals surface area contributed by atoms with Crippen LogP contribution >= 0.6 is 27.3 Å². The molecule has 112 valence electrons. The number of nitrogens with zero attached hydrogens (tertiary/aromatic N) is 2. The van der Waals surface area contributed by atoms with Gasteiger partial charge in [-0.05, 0) is 34.3 Å². The SMILES string of the molecule is COC(=O)Cn1ncc(NC(C)c2cccs2)c(Br)c1=O. The van der Waals surface area contributed by atoms with Crippen LogP contribution in [0.15, 0.2) is 33.0 Å². The predicted octanol–water partition coefficient (Wildman–Crippen LogP) is 2.41. The van der Waals surface area contributed by atoms with Gasteiger partial charge < -0.3 is 10.1 Å². The van der Waals surface area contributed by atoms with Gasteiger partial charge in [-0.3, -0.25) is 9.59 Å². The van der Waals surface area contributed by atoms with Crippen LogP contribution < -0.4 is 10.9 Å². The Morgan fingerprint density at radius 1 is 1.62 bits per heavy atom. The van der Waals surface area contributed by atoms with Gasteiger partial charge in [0.05, 0.1) is 25.0 Å². The van der Waals surface area contributed by atoms with E-state index in [4.69, 9.17) is 0 Å². The highest BCUT2D eigenvalue weighted by Gasteiger charge is 2.14. The number of anilines is 1. The zero-order valence-corrected chi connectivity index (χ0v) is 13.9. The lowest BCUT2D eigenvalue weighted by atomic mass is 10.2. The van der Waals surface area contributed by atoms with Crippen molar-refractivity contribution >= 4 is 38.9 Å². The van der Waals surface area contributed by atoms with Gasteiger partial charge in [0, 0.05) is 4.88 Å². The minimum absolute atomic E-state index is 0.0546. The number of ether oxygens (including phenoxy) is 1. The molecular weight excluding hydrogens is 358 g/mol. The topological polar surface area (TPSA) is 73.2 Å². The largest absolute Gasteiger partial charge is 0.468 e. The summed E-state index contributed by atoms with van der Waals surface area (Å²) in [7, 11) is 1.26. The third-order valence-electron chi connectivity index (χ3n) is 2.83. The van der Waals surface area contributed by atoms with Crippen molar-refractivity contribution in [1.29, 1.82) is 0 Å². The van der Waals surface area contributed by atoms with Gasteiger partial charge in [0.2, 0.25) is 0 Å². The number of halogens is 1. The number of rotatable bonds is 5. The van der Waals surface area contributed by atoms with Crippen LogP contribution in [0.1, 0.15) is 17.8 Å². The summed E-state index contributed by atoms with van der Waals surface area (Å²) in [5, 5.41) is 9.19. The van der Waals surface area contributed by atoms with E-state index in [0.29, 0.717) is 10.2 Å². The van der Waals surface area contributed by atoms with E-state index >= 15 is 0 Å². The lowest BCUT2D eigenvalue weighted by Crippen LogP contribution is -2.28. The third-order valence-corrected chi connectivity index (χ3v) is 4.65. The zero-order valence-electron chi connectivity index (χ0n) is 11.5. The van der Waals surface area contributed by atoms with Crippen molar-refractivity contribution in [2.75, 3.05) is 12.4 Å². The van der Waals surface area contributed by atoms with Crippen LogP contribution in [-0.4, -0.2) is 22.9 Å². The van der Waals surface area contributed by atoms with Crippen LogP contribution in [0.3, 0.4) is 0 Å². The molecule has 21 heavy (non-hydrogen) atoms. The Labute approximate surface area is 133 Å². The van der Waals surface area contributed by atoms with Crippen molar-refractivity contribution in [2.24, 2.45) is 0 Å². The van der Waals surface area contributed by atoms with Crippen molar-refractivity contribution in [2.45, 2.75) is 19.5 Å². The molecule has 0 aromatic carbocycles. The maximum atomic E-state index is 12.1. The Morgan fingerprint density at radius 3 is 3.00 bits per heavy atom. The molecule has 8 heteroatoms. The number of hydrogen-bond acceptors (Lipinski definition) is 6. The molecule has 0 spiro atoms. The van der Waals surface area contributed by atoms with Crippen molar-refractivity contribution in [3.05, 3.63) is 43.4 Å². The van der Waals surface area contributed by atoms with Gasteiger partial charge in [0.25, 0.3) is 5.56 Å². The minimum atomic E-state index is -0.524. The summed E-state index contributed by atoms with van der Waals surface area (Å²) in [5.74, 6) is -0.524. The predicted molar refractivity (Wildman–Crippen MR) is 84.6 cm³/mol. The summed E-state index contributed by atoms with van der Waals surface area (Å²) in [5.41, 5.74) is 0.200. The Morgan fingerprint density at radius 2 is 2.38 bits per heavy atom. The third kappa shape index (κ3) is 3.70. The number of nitrogens with one attached hydrogen (secondary N) is 1. The lowest BCUT2D eigenvalue weighted by Gasteiger charge is -2.15. The van der Waals surface area contributed by atoms with Gasteiger partial charge in [-0.2, -0.15) is 5.10 Å². The Bertz CT molecular complexity index is 684. The second-order valence-corrected chi connectivity index (χ2v) is 6.06. The molecule has 1 N–H and O–H groups in total. The number of hydrogen-bond donors (Lipinski definition) is 1. The summed E-state index contributed by atoms with van der Waals surface area (Å²) in [6, 6.07) is 4.04. The average molecular weight is 372 g/mol. The van der Waals surface area contributed by atoms with Crippen molar-refractivity contribution < 1.29 is 9.53 Å². The molecular formula is C13H14BrN3O3S. The number of esters is 1. The first-order chi connectivity index (χ1) is 10.0. The van der Waals surface area contributed by atoms with E-state index in [9.17, 15) is 9.59 Å². The Kier molecular flexibility index (Phi) is 5.13. The molecule has 0 saturated heterocycles. The summed E-state index contributed by atoms with van der Waals surface area (Å²) in [6.45, 7) is 1.78. The highest BCUT2D eigenvalue weighted by atomic mass is 79.9. The lowest BCUT2D eigenvalue weighted by molar-refractivity contribution is -0.141. The van der Waals surface area contributed by atoms with Crippen LogP contribution in [0.5, 0.6) is 0 Å². The van der Waals surface area contributed by atoms with Crippen molar-refractivity contribution in [1.82, 2.24) is 9.78 Å². The molecule has 2 aromatic heterocycles. The minimum Gasteiger partial charge on any atom is -0.468 e. The molecule has 0 aliphatic rings. The van der Waals surface area contributed by atoms with E-state index in [1.54, 1.807) is 11.3 Å². The molecule has 0 saturated carbocycles. The van der Waals surface area contributed by atoms with E-state index in [-0.39, 0.29) is 18.1 Å². The summed E-state index contributed by atoms with van der Waals surface area (Å²) >= 11 is 4.88. The highest BCUT2D eigenvalue weighted by Crippen LogP contribution is 2.25. The number of carbonyl (C=O) groups excluding carboxylic acids is 1. The van der Waals surface area contributed by atoms with Gasteiger partial charge >= 0.3 is 5.97 Å². The van der Waals surface area contributed by atoms with Gasteiger partial charge in [0.15, 0.2) is 0 Å². The second kappa shape index (κ2) is 6.86. The molecule has 2 aromatic rings. The van der Waals surface area contributed by atoms with E-state index < -0.39 is 5.97 Å². The van der Waals surface area contributed by atoms with Crippen LogP contribution in [0.2, 0.25) is 0 Å². The number of thiophene rings is 1. The molecule has 1 unspecified atom stereocenters. The molecule has 0 radical (unpaired) electrons. The quantitative estimate of drug-likeness (QED) is 0.816. The first-order valence-electron chi connectivity index (χ1n) is 6.15. The van der Waals surface area contributed by atoms with Gasteiger partial charge in [-0.1, -0.05) is 6.07 Å². The van der Waals surface area contributed by atoms with E-state index in [1.165, 1.54) is 13.3 Å². The monoisotopic (exact) mass is 371 g/mol. The zero-order chi connectivity index (χ0) is 15.4. The summed E-state index contributed by atoms with van der Waals surface area (Å²) < 4.78 is 5.91. The highest BCUT2D eigenvalue weighted by molar-refractivity contribution is 9.10. The average Bonchev–Trinajstić information content (AvgIpc) is 3.01. The first kappa shape index (κ1) is 15.7. The maximum Gasteiger partial charge on any atom is 0.327 e. The molecule has 0 fully saturated rings. The van der Waals surface area contributed by atoms with Crippen molar-refractivity contribution in [3.63, 3.8) is 0 Å². The van der Waals surface area contributed by atoms with Gasteiger partial charge in [0.1, 0.15) is 11.0 Å². The fourth-order valence-electron chi connectivity index (χ4n) is 1.71. The molecule has 0 aliphatic carbocycles. The van der Waals surface area contributed by atoms with Crippen LogP contribution in [0.4, 0.5) is 5.69 Å². The van der Waals surface area contributed by atoms with Crippen molar-refractivity contribution in [3.8, 4) is 0 Å². The Balaban J connectivity index is 2.21. The number of methoxy groups -OCH3 is 1. The smallest absolute Gasteiger partial charge is 0.327 e. The van der Waals surface area contributed by atoms with E-state index in [1.807, 2.05) is 24.4 Å². The normalized spacial score (nSPS) is 12.0. The number of aromatic nitrogens is 2. The molecule has 2 heterocycles. The first-order valence-corrected chi connectivity index (χ1v) is 7.82. The molecule has 0 amide bonds. The van der Waals surface area contributed by atoms with Gasteiger partial charge in [-0.15, -0.1) is 11.3 Å². The van der Waals surface area contributed by atoms with Crippen LogP contribution in [0, 0.1) is 0 Å². The fourth-order valence-corrected chi connectivity index (χ4v) is 2.86. The molecule has 2 rings (SSSR count). The Hall–Kier alpha value is -1.67. The maximum absolute atomic E-state index is 12.1. The van der Waals surface area contributed by atoms with E-state index in [2.05, 4.69) is 31.1 Å². The fraction of sp³-hybridized carbons (Fsp3) is 0.308. The molecule has 0 bridgehead atoms. The number of carbonyl (C=O) groups is 1. The molecule has 1 atom stereocenters. The van der Waals surface area contributed by atoms with Crippen LogP contribution in [-0.2, 0) is 16.1 Å². The summed E-state index contributed by atoms with van der Waals surface area (Å²) in [6.07, 6.45) is 1.51. The van der Waals surface area contributed by atoms with Gasteiger partial charge in [-0.25, -0.2) is 4.68 Å². The molecule has 6 nitrogen and oxygen atoms in total.